The van der Waals surface area contributed by atoms with Crippen molar-refractivity contribution in [2.24, 2.45) is 0 Å². The molecule has 11 heavy (non-hydrogen) atoms. The van der Waals surface area contributed by atoms with Crippen molar-refractivity contribution in [1.82, 2.24) is 0 Å². The zero-order valence-electron chi connectivity index (χ0n) is 5.99. The van der Waals surface area contributed by atoms with E-state index < -0.39 is 23.3 Å². The first-order valence-electron chi connectivity index (χ1n) is 2.74. The minimum atomic E-state index is -4.82. The fourth-order valence-electron chi connectivity index (χ4n) is 0.379. The van der Waals surface area contributed by atoms with Gasteiger partial charge in [0.05, 0.1) is 0 Å². The van der Waals surface area contributed by atoms with E-state index in [1.54, 1.807) is 0 Å². The SMILES string of the molecule is CC(=O)/C(C)=C(\O)C(F)(F)F. The molecule has 0 fully saturated rings. The van der Waals surface area contributed by atoms with Crippen molar-refractivity contribution in [1.29, 1.82) is 0 Å². The molecule has 0 unspecified atom stereocenters. The maximum absolute atomic E-state index is 11.6. The molecule has 0 aliphatic carbocycles. The Morgan fingerprint density at radius 2 is 1.64 bits per heavy atom. The van der Waals surface area contributed by atoms with Crippen molar-refractivity contribution in [3.8, 4) is 0 Å². The largest absolute Gasteiger partial charge is 0.504 e. The predicted octanol–water partition coefficient (Wildman–Crippen LogP) is 1.97. The Morgan fingerprint density at radius 3 is 1.73 bits per heavy atom. The van der Waals surface area contributed by atoms with E-state index >= 15 is 0 Å². The van der Waals surface area contributed by atoms with Crippen LogP contribution in [0.4, 0.5) is 13.2 Å². The molecule has 0 amide bonds. The summed E-state index contributed by atoms with van der Waals surface area (Å²) in [7, 11) is 0. The van der Waals surface area contributed by atoms with Crippen molar-refractivity contribution in [3.05, 3.63) is 11.3 Å². The average molecular weight is 168 g/mol. The Kier molecular flexibility index (Phi) is 2.67. The molecule has 0 bridgehead atoms. The number of alkyl halides is 3. The molecule has 1 N–H and O–H groups in total. The maximum atomic E-state index is 11.6. The highest BCUT2D eigenvalue weighted by atomic mass is 19.4. The summed E-state index contributed by atoms with van der Waals surface area (Å²) in [6.07, 6.45) is -4.82. The maximum Gasteiger partial charge on any atom is 0.449 e. The number of halogens is 3. The van der Waals surface area contributed by atoms with Gasteiger partial charge in [-0.05, 0) is 13.8 Å². The molecular formula is C6H7F3O2. The second-order valence-corrected chi connectivity index (χ2v) is 2.03. The number of allylic oxidation sites excluding steroid dienone is 2. The van der Waals surface area contributed by atoms with Gasteiger partial charge in [-0.15, -0.1) is 0 Å². The van der Waals surface area contributed by atoms with Crippen molar-refractivity contribution < 1.29 is 23.1 Å². The molecule has 0 aliphatic heterocycles. The third-order valence-electron chi connectivity index (χ3n) is 1.15. The van der Waals surface area contributed by atoms with Crippen LogP contribution in [0.1, 0.15) is 13.8 Å². The molecule has 0 spiro atoms. The minimum Gasteiger partial charge on any atom is -0.504 e. The highest BCUT2D eigenvalue weighted by Crippen LogP contribution is 2.25. The number of hydrogen-bond donors (Lipinski definition) is 1. The Labute approximate surface area is 61.3 Å². The topological polar surface area (TPSA) is 37.3 Å². The second-order valence-electron chi connectivity index (χ2n) is 2.03. The molecule has 2 nitrogen and oxygen atoms in total. The fraction of sp³-hybridized carbons (Fsp3) is 0.500. The first-order chi connectivity index (χ1) is 4.76. The van der Waals surface area contributed by atoms with E-state index in [0.29, 0.717) is 0 Å². The summed E-state index contributed by atoms with van der Waals surface area (Å²) in [5.74, 6) is -2.61. The first kappa shape index (κ1) is 10.0. The van der Waals surface area contributed by atoms with Crippen LogP contribution in [-0.2, 0) is 4.79 Å². The number of carbonyl (C=O) groups is 1. The molecule has 0 heterocycles. The van der Waals surface area contributed by atoms with Gasteiger partial charge in [0.2, 0.25) is 5.76 Å². The second kappa shape index (κ2) is 2.94. The average Bonchev–Trinajstić information content (AvgIpc) is 1.82. The van der Waals surface area contributed by atoms with E-state index in [1.165, 1.54) is 0 Å². The number of carbonyl (C=O) groups excluding carboxylic acids is 1. The van der Waals surface area contributed by atoms with Crippen molar-refractivity contribution in [2.75, 3.05) is 0 Å². The van der Waals surface area contributed by atoms with Gasteiger partial charge in [-0.3, -0.25) is 4.79 Å². The number of rotatable bonds is 1. The van der Waals surface area contributed by atoms with Gasteiger partial charge in [-0.1, -0.05) is 0 Å². The number of Topliss-reactive ketones (excluding diaryl/α,β-unsaturated/α-hetero) is 1. The summed E-state index contributed by atoms with van der Waals surface area (Å²) in [6, 6.07) is 0. The quantitative estimate of drug-likeness (QED) is 0.480. The minimum absolute atomic E-state index is 0.669. The smallest absolute Gasteiger partial charge is 0.449 e. The molecule has 5 heteroatoms. The molecule has 0 atom stereocenters. The predicted molar refractivity (Wildman–Crippen MR) is 32.1 cm³/mol. The molecule has 0 radical (unpaired) electrons. The summed E-state index contributed by atoms with van der Waals surface area (Å²) in [4.78, 5) is 10.3. The van der Waals surface area contributed by atoms with Crippen LogP contribution in [0.2, 0.25) is 0 Å². The van der Waals surface area contributed by atoms with Gasteiger partial charge in [-0.25, -0.2) is 0 Å². The molecule has 0 aromatic heterocycles. The van der Waals surface area contributed by atoms with Gasteiger partial charge in [0, 0.05) is 5.57 Å². The van der Waals surface area contributed by atoms with Gasteiger partial charge < -0.3 is 5.11 Å². The molecule has 0 rings (SSSR count). The lowest BCUT2D eigenvalue weighted by molar-refractivity contribution is -0.126. The van der Waals surface area contributed by atoms with Crippen molar-refractivity contribution >= 4 is 5.78 Å². The normalized spacial score (nSPS) is 14.3. The lowest BCUT2D eigenvalue weighted by atomic mass is 10.2. The van der Waals surface area contributed by atoms with Gasteiger partial charge in [0.15, 0.2) is 5.78 Å². The van der Waals surface area contributed by atoms with Crippen LogP contribution < -0.4 is 0 Å². The van der Waals surface area contributed by atoms with Gasteiger partial charge >= 0.3 is 6.18 Å². The third-order valence-corrected chi connectivity index (χ3v) is 1.15. The summed E-state index contributed by atoms with van der Waals surface area (Å²) in [5.41, 5.74) is -0.669. The van der Waals surface area contributed by atoms with Crippen LogP contribution in [-0.4, -0.2) is 17.1 Å². The van der Waals surface area contributed by atoms with E-state index in [9.17, 15) is 18.0 Å². The highest BCUT2D eigenvalue weighted by Gasteiger charge is 2.36. The van der Waals surface area contributed by atoms with E-state index in [0.717, 1.165) is 13.8 Å². The van der Waals surface area contributed by atoms with Crippen molar-refractivity contribution in [3.63, 3.8) is 0 Å². The first-order valence-corrected chi connectivity index (χ1v) is 2.74. The summed E-state index contributed by atoms with van der Waals surface area (Å²) >= 11 is 0. The molecule has 0 saturated heterocycles. The van der Waals surface area contributed by atoms with E-state index in [4.69, 9.17) is 5.11 Å². The Balaban J connectivity index is 4.82. The number of aliphatic hydroxyl groups excluding tert-OH is 1. The van der Waals surface area contributed by atoms with Crippen LogP contribution >= 0.6 is 0 Å². The molecule has 0 aromatic carbocycles. The van der Waals surface area contributed by atoms with Gasteiger partial charge in [-0.2, -0.15) is 13.2 Å². The lowest BCUT2D eigenvalue weighted by Gasteiger charge is -2.06. The number of ketones is 1. The standard InChI is InChI=1S/C6H7F3O2/c1-3(4(2)10)5(11)6(7,8)9/h11H,1-2H3/b5-3-. The summed E-state index contributed by atoms with van der Waals surface area (Å²) < 4.78 is 34.8. The zero-order chi connectivity index (χ0) is 9.23. The molecule has 0 saturated carbocycles. The third kappa shape index (κ3) is 2.61. The molecule has 0 aliphatic rings. The lowest BCUT2D eigenvalue weighted by Crippen LogP contribution is -2.15. The number of hydrogen-bond acceptors (Lipinski definition) is 2. The monoisotopic (exact) mass is 168 g/mol. The van der Waals surface area contributed by atoms with E-state index in [1.807, 2.05) is 0 Å². The molecule has 0 aromatic rings. The van der Waals surface area contributed by atoms with E-state index in [2.05, 4.69) is 0 Å². The highest BCUT2D eigenvalue weighted by molar-refractivity contribution is 5.93. The van der Waals surface area contributed by atoms with Gasteiger partial charge in [0.1, 0.15) is 0 Å². The van der Waals surface area contributed by atoms with Crippen LogP contribution in [0.15, 0.2) is 11.3 Å². The van der Waals surface area contributed by atoms with E-state index in [-0.39, 0.29) is 0 Å². The molecular weight excluding hydrogens is 161 g/mol. The molecule has 64 valence electrons. The summed E-state index contributed by atoms with van der Waals surface area (Å²) in [6.45, 7) is 1.88. The zero-order valence-corrected chi connectivity index (χ0v) is 5.99. The Morgan fingerprint density at radius 1 is 1.27 bits per heavy atom. The van der Waals surface area contributed by atoms with Crippen molar-refractivity contribution in [2.45, 2.75) is 20.0 Å². The van der Waals surface area contributed by atoms with Crippen LogP contribution in [0.5, 0.6) is 0 Å². The Bertz CT molecular complexity index is 202. The van der Waals surface area contributed by atoms with Crippen LogP contribution in [0.25, 0.3) is 0 Å². The number of aliphatic hydroxyl groups is 1. The van der Waals surface area contributed by atoms with Crippen LogP contribution in [0.3, 0.4) is 0 Å². The van der Waals surface area contributed by atoms with Gasteiger partial charge in [0.25, 0.3) is 0 Å². The summed E-state index contributed by atoms with van der Waals surface area (Å²) in [5, 5.41) is 8.36. The van der Waals surface area contributed by atoms with Crippen LogP contribution in [0, 0.1) is 0 Å². The Hall–Kier alpha value is -1.00. The fourth-order valence-corrected chi connectivity index (χ4v) is 0.379.